The summed E-state index contributed by atoms with van der Waals surface area (Å²) in [6.45, 7) is 8.02. The zero-order valence-electron chi connectivity index (χ0n) is 10.9. The van der Waals surface area contributed by atoms with Gasteiger partial charge in [0.05, 0.1) is 0 Å². The molecule has 1 heterocycles. The van der Waals surface area contributed by atoms with Crippen LogP contribution in [0, 0.1) is 0 Å². The van der Waals surface area contributed by atoms with Crippen LogP contribution in [0.5, 0.6) is 0 Å². The summed E-state index contributed by atoms with van der Waals surface area (Å²) in [6.07, 6.45) is 3.90. The molecule has 0 saturated carbocycles. The third kappa shape index (κ3) is 3.83. The van der Waals surface area contributed by atoms with E-state index in [-0.39, 0.29) is 0 Å². The van der Waals surface area contributed by atoms with Gasteiger partial charge in [0.25, 0.3) is 0 Å². The highest BCUT2D eigenvalue weighted by molar-refractivity contribution is 5.27. The minimum Gasteiger partial charge on any atom is -0.317 e. The predicted molar refractivity (Wildman–Crippen MR) is 73.2 cm³/mol. The number of hydrogen-bond acceptors (Lipinski definition) is 2. The van der Waals surface area contributed by atoms with E-state index in [1.807, 2.05) is 0 Å². The highest BCUT2D eigenvalue weighted by Crippen LogP contribution is 2.16. The highest BCUT2D eigenvalue weighted by atomic mass is 15.1. The quantitative estimate of drug-likeness (QED) is 0.758. The number of nitrogens with zero attached hydrogens (tertiary/aromatic N) is 1. The standard InChI is InChI=1S/C15H24N2/c1-2-16-10-9-14-7-3-4-8-15(14)13-17-11-5-6-12-17/h3-4,7-8,16H,2,5-6,9-13H2,1H3. The first kappa shape index (κ1) is 12.6. The lowest BCUT2D eigenvalue weighted by Crippen LogP contribution is -2.21. The van der Waals surface area contributed by atoms with E-state index in [9.17, 15) is 0 Å². The first-order chi connectivity index (χ1) is 8.40. The number of benzene rings is 1. The normalized spacial score (nSPS) is 16.5. The fraction of sp³-hybridized carbons (Fsp3) is 0.600. The second-order valence-electron chi connectivity index (χ2n) is 4.86. The molecule has 2 rings (SSSR count). The Morgan fingerprint density at radius 2 is 1.82 bits per heavy atom. The van der Waals surface area contributed by atoms with Gasteiger partial charge in [-0.3, -0.25) is 4.90 Å². The van der Waals surface area contributed by atoms with Crippen LogP contribution in [-0.4, -0.2) is 31.1 Å². The number of likely N-dealkylation sites (tertiary alicyclic amines) is 1. The predicted octanol–water partition coefficient (Wildman–Crippen LogP) is 2.43. The Morgan fingerprint density at radius 1 is 1.12 bits per heavy atom. The molecule has 94 valence electrons. The maximum Gasteiger partial charge on any atom is 0.0236 e. The zero-order chi connectivity index (χ0) is 11.9. The molecule has 0 spiro atoms. The van der Waals surface area contributed by atoms with Crippen molar-refractivity contribution >= 4 is 0 Å². The molecule has 1 aromatic carbocycles. The molecule has 0 atom stereocenters. The average molecular weight is 232 g/mol. The number of hydrogen-bond donors (Lipinski definition) is 1. The molecular formula is C15H24N2. The molecule has 1 N–H and O–H groups in total. The summed E-state index contributed by atoms with van der Waals surface area (Å²) in [5.41, 5.74) is 3.03. The lowest BCUT2D eigenvalue weighted by atomic mass is 10.0. The SMILES string of the molecule is CCNCCc1ccccc1CN1CCCC1. The Morgan fingerprint density at radius 3 is 2.53 bits per heavy atom. The summed E-state index contributed by atoms with van der Waals surface area (Å²) in [7, 11) is 0. The molecule has 0 aliphatic carbocycles. The summed E-state index contributed by atoms with van der Waals surface area (Å²) in [5.74, 6) is 0. The van der Waals surface area contributed by atoms with Gasteiger partial charge in [-0.05, 0) is 56.6 Å². The van der Waals surface area contributed by atoms with Gasteiger partial charge >= 0.3 is 0 Å². The molecule has 0 aromatic heterocycles. The molecule has 0 radical (unpaired) electrons. The maximum atomic E-state index is 3.40. The van der Waals surface area contributed by atoms with Crippen LogP contribution in [0.4, 0.5) is 0 Å². The highest BCUT2D eigenvalue weighted by Gasteiger charge is 2.13. The Hall–Kier alpha value is -0.860. The van der Waals surface area contributed by atoms with Crippen molar-refractivity contribution in [1.82, 2.24) is 10.2 Å². The Kier molecular flexibility index (Phi) is 5.02. The number of likely N-dealkylation sites (N-methyl/N-ethyl adjacent to an activating group) is 1. The van der Waals surface area contributed by atoms with Crippen molar-refractivity contribution in [2.75, 3.05) is 26.2 Å². The molecule has 2 heteroatoms. The molecule has 1 aliphatic heterocycles. The molecule has 1 aliphatic rings. The minimum atomic E-state index is 1.06. The average Bonchev–Trinajstić information content (AvgIpc) is 2.84. The van der Waals surface area contributed by atoms with Gasteiger partial charge in [0.2, 0.25) is 0 Å². The van der Waals surface area contributed by atoms with E-state index in [4.69, 9.17) is 0 Å². The van der Waals surface area contributed by atoms with Gasteiger partial charge in [-0.2, -0.15) is 0 Å². The minimum absolute atomic E-state index is 1.06. The van der Waals surface area contributed by atoms with Crippen LogP contribution in [-0.2, 0) is 13.0 Å². The molecule has 0 amide bonds. The van der Waals surface area contributed by atoms with Crippen molar-refractivity contribution in [3.8, 4) is 0 Å². The van der Waals surface area contributed by atoms with E-state index in [0.717, 1.165) is 26.1 Å². The third-order valence-electron chi connectivity index (χ3n) is 3.53. The van der Waals surface area contributed by atoms with Gasteiger partial charge in [0, 0.05) is 6.54 Å². The van der Waals surface area contributed by atoms with Crippen molar-refractivity contribution in [3.63, 3.8) is 0 Å². The molecule has 1 fully saturated rings. The summed E-state index contributed by atoms with van der Waals surface area (Å²) in [4.78, 5) is 2.58. The first-order valence-corrected chi connectivity index (χ1v) is 6.90. The van der Waals surface area contributed by atoms with Gasteiger partial charge in [-0.15, -0.1) is 0 Å². The van der Waals surface area contributed by atoms with E-state index >= 15 is 0 Å². The lowest BCUT2D eigenvalue weighted by molar-refractivity contribution is 0.330. The maximum absolute atomic E-state index is 3.40. The van der Waals surface area contributed by atoms with Crippen LogP contribution in [0.1, 0.15) is 30.9 Å². The molecule has 2 nitrogen and oxygen atoms in total. The topological polar surface area (TPSA) is 15.3 Å². The summed E-state index contributed by atoms with van der Waals surface area (Å²) in [5, 5.41) is 3.40. The second-order valence-corrected chi connectivity index (χ2v) is 4.86. The van der Waals surface area contributed by atoms with Gasteiger partial charge < -0.3 is 5.32 Å². The van der Waals surface area contributed by atoms with Gasteiger partial charge in [-0.25, -0.2) is 0 Å². The van der Waals surface area contributed by atoms with E-state index in [1.165, 1.54) is 37.1 Å². The smallest absolute Gasteiger partial charge is 0.0236 e. The summed E-state index contributed by atoms with van der Waals surface area (Å²) in [6, 6.07) is 8.90. The van der Waals surface area contributed by atoms with Gasteiger partial charge in [0.15, 0.2) is 0 Å². The van der Waals surface area contributed by atoms with Crippen LogP contribution in [0.25, 0.3) is 0 Å². The fourth-order valence-corrected chi connectivity index (χ4v) is 2.54. The van der Waals surface area contributed by atoms with Crippen LogP contribution < -0.4 is 5.32 Å². The molecule has 1 saturated heterocycles. The van der Waals surface area contributed by atoms with Crippen molar-refractivity contribution in [2.45, 2.75) is 32.7 Å². The number of rotatable bonds is 6. The van der Waals surface area contributed by atoms with E-state index in [1.54, 1.807) is 0 Å². The van der Waals surface area contributed by atoms with E-state index in [0.29, 0.717) is 0 Å². The van der Waals surface area contributed by atoms with Crippen molar-refractivity contribution in [3.05, 3.63) is 35.4 Å². The van der Waals surface area contributed by atoms with Gasteiger partial charge in [-0.1, -0.05) is 31.2 Å². The van der Waals surface area contributed by atoms with E-state index in [2.05, 4.69) is 41.4 Å². The van der Waals surface area contributed by atoms with Crippen LogP contribution in [0.15, 0.2) is 24.3 Å². The summed E-state index contributed by atoms with van der Waals surface area (Å²) >= 11 is 0. The fourth-order valence-electron chi connectivity index (χ4n) is 2.54. The Bertz CT molecular complexity index is 329. The first-order valence-electron chi connectivity index (χ1n) is 6.90. The van der Waals surface area contributed by atoms with Gasteiger partial charge in [0.1, 0.15) is 0 Å². The Labute approximate surface area is 105 Å². The Balaban J connectivity index is 1.94. The van der Waals surface area contributed by atoms with Crippen molar-refractivity contribution in [1.29, 1.82) is 0 Å². The largest absolute Gasteiger partial charge is 0.317 e. The van der Waals surface area contributed by atoms with E-state index < -0.39 is 0 Å². The lowest BCUT2D eigenvalue weighted by Gasteiger charge is -2.17. The zero-order valence-corrected chi connectivity index (χ0v) is 10.9. The van der Waals surface area contributed by atoms with Crippen molar-refractivity contribution < 1.29 is 0 Å². The molecular weight excluding hydrogens is 208 g/mol. The molecule has 0 bridgehead atoms. The monoisotopic (exact) mass is 232 g/mol. The second kappa shape index (κ2) is 6.77. The molecule has 0 unspecified atom stereocenters. The molecule has 1 aromatic rings. The number of nitrogens with one attached hydrogen (secondary N) is 1. The van der Waals surface area contributed by atoms with Crippen molar-refractivity contribution in [2.24, 2.45) is 0 Å². The third-order valence-corrected chi connectivity index (χ3v) is 3.53. The van der Waals surface area contributed by atoms with Crippen LogP contribution in [0.3, 0.4) is 0 Å². The van der Waals surface area contributed by atoms with Crippen LogP contribution >= 0.6 is 0 Å². The molecule has 17 heavy (non-hydrogen) atoms. The summed E-state index contributed by atoms with van der Waals surface area (Å²) < 4.78 is 0. The van der Waals surface area contributed by atoms with Crippen LogP contribution in [0.2, 0.25) is 0 Å².